The van der Waals surface area contributed by atoms with E-state index in [4.69, 9.17) is 0 Å². The zero-order valence-electron chi connectivity index (χ0n) is 16.0. The number of carbonyl (C=O) groups is 3. The third kappa shape index (κ3) is 3.89. The fourth-order valence-corrected chi connectivity index (χ4v) is 3.80. The lowest BCUT2D eigenvalue weighted by Crippen LogP contribution is -2.42. The summed E-state index contributed by atoms with van der Waals surface area (Å²) in [6, 6.07) is 9.67. The van der Waals surface area contributed by atoms with Gasteiger partial charge in [0.25, 0.3) is 5.91 Å². The molecule has 1 atom stereocenters. The largest absolute Gasteiger partial charge is 0.435 e. The van der Waals surface area contributed by atoms with Gasteiger partial charge in [-0.3, -0.25) is 14.5 Å². The zero-order valence-corrected chi connectivity index (χ0v) is 16.8. The molecule has 0 bridgehead atoms. The van der Waals surface area contributed by atoms with Crippen LogP contribution in [0.25, 0.3) is 11.0 Å². The van der Waals surface area contributed by atoms with Gasteiger partial charge in [0.2, 0.25) is 5.91 Å². The molecule has 0 spiro atoms. The van der Waals surface area contributed by atoms with Crippen molar-refractivity contribution in [2.24, 2.45) is 0 Å². The molecule has 2 aromatic carbocycles. The summed E-state index contributed by atoms with van der Waals surface area (Å²) in [5.41, 5.74) is 0.438. The highest BCUT2D eigenvalue weighted by atomic mass is 32.1. The Bertz CT molecular complexity index is 1170. The van der Waals surface area contributed by atoms with E-state index in [1.807, 2.05) is 0 Å². The Labute approximate surface area is 178 Å². The van der Waals surface area contributed by atoms with E-state index >= 15 is 0 Å². The number of alkyl halides is 2. The molecule has 12 heteroatoms. The lowest BCUT2D eigenvalue weighted by atomic mass is 9.92. The van der Waals surface area contributed by atoms with Gasteiger partial charge in [-0.05, 0) is 36.8 Å². The summed E-state index contributed by atoms with van der Waals surface area (Å²) in [5, 5.41) is 5.18. The molecular weight excluding hydrogens is 432 g/mol. The summed E-state index contributed by atoms with van der Waals surface area (Å²) in [4.78, 5) is 38.7. The van der Waals surface area contributed by atoms with E-state index in [1.165, 1.54) is 31.2 Å². The fourth-order valence-electron chi connectivity index (χ4n) is 3.25. The maximum atomic E-state index is 13.0. The first-order valence-corrected chi connectivity index (χ1v) is 9.71. The van der Waals surface area contributed by atoms with Gasteiger partial charge in [-0.1, -0.05) is 18.2 Å². The molecule has 0 aliphatic carbocycles. The van der Waals surface area contributed by atoms with Crippen LogP contribution in [-0.2, 0) is 15.1 Å². The number of urea groups is 1. The minimum atomic E-state index is -2.98. The smallest absolute Gasteiger partial charge is 0.387 e. The molecule has 4 rings (SSSR count). The van der Waals surface area contributed by atoms with Crippen LogP contribution in [0.3, 0.4) is 0 Å². The molecule has 2 heterocycles. The minimum Gasteiger partial charge on any atom is -0.435 e. The molecule has 3 aromatic rings. The number of benzene rings is 2. The van der Waals surface area contributed by atoms with Crippen molar-refractivity contribution in [1.82, 2.24) is 19.0 Å². The van der Waals surface area contributed by atoms with Crippen LogP contribution in [-0.4, -0.2) is 44.6 Å². The van der Waals surface area contributed by atoms with Gasteiger partial charge in [-0.15, -0.1) is 0 Å². The number of nitrogens with zero attached hydrogens (tertiary/aromatic N) is 3. The van der Waals surface area contributed by atoms with E-state index in [-0.39, 0.29) is 5.75 Å². The molecule has 1 aliphatic rings. The van der Waals surface area contributed by atoms with Crippen LogP contribution in [0.1, 0.15) is 12.5 Å². The number of ether oxygens (including phenoxy) is 1. The fraction of sp³-hybridized carbons (Fsp3) is 0.211. The first kappa shape index (κ1) is 20.6. The van der Waals surface area contributed by atoms with Crippen molar-refractivity contribution in [2.45, 2.75) is 19.1 Å². The summed E-state index contributed by atoms with van der Waals surface area (Å²) in [6.07, 6.45) is 0. The summed E-state index contributed by atoms with van der Waals surface area (Å²) >= 11 is 0.999. The molecule has 9 nitrogen and oxygen atoms in total. The van der Waals surface area contributed by atoms with Crippen molar-refractivity contribution < 1.29 is 27.9 Å². The highest BCUT2D eigenvalue weighted by Gasteiger charge is 2.49. The lowest BCUT2D eigenvalue weighted by Gasteiger charge is -2.22. The molecular formula is C19H15F2N5O4S. The number of anilines is 1. The van der Waals surface area contributed by atoms with E-state index in [1.54, 1.807) is 18.2 Å². The molecule has 1 unspecified atom stereocenters. The first-order valence-electron chi connectivity index (χ1n) is 8.98. The van der Waals surface area contributed by atoms with E-state index in [0.717, 1.165) is 16.6 Å². The van der Waals surface area contributed by atoms with Crippen LogP contribution in [0.5, 0.6) is 5.75 Å². The van der Waals surface area contributed by atoms with Gasteiger partial charge in [0.15, 0.2) is 0 Å². The lowest BCUT2D eigenvalue weighted by molar-refractivity contribution is -0.133. The van der Waals surface area contributed by atoms with E-state index in [2.05, 4.69) is 24.1 Å². The van der Waals surface area contributed by atoms with Crippen LogP contribution in [0.15, 0.2) is 42.5 Å². The zero-order chi connectivity index (χ0) is 22.2. The quantitative estimate of drug-likeness (QED) is 0.562. The summed E-state index contributed by atoms with van der Waals surface area (Å²) in [6.45, 7) is -2.02. The second kappa shape index (κ2) is 7.87. The van der Waals surface area contributed by atoms with Crippen molar-refractivity contribution in [3.8, 4) is 5.75 Å². The molecule has 0 saturated carbocycles. The molecule has 160 valence electrons. The van der Waals surface area contributed by atoms with Crippen LogP contribution >= 0.6 is 11.7 Å². The van der Waals surface area contributed by atoms with Gasteiger partial charge in [0.1, 0.15) is 28.9 Å². The molecule has 1 saturated heterocycles. The van der Waals surface area contributed by atoms with Crippen LogP contribution in [0, 0.1) is 0 Å². The Morgan fingerprint density at radius 2 is 1.97 bits per heavy atom. The maximum absolute atomic E-state index is 13.0. The Morgan fingerprint density at radius 1 is 1.23 bits per heavy atom. The number of hydrogen-bond donors (Lipinski definition) is 2. The molecule has 1 aliphatic heterocycles. The third-order valence-corrected chi connectivity index (χ3v) is 5.34. The first-order chi connectivity index (χ1) is 14.8. The summed E-state index contributed by atoms with van der Waals surface area (Å²) < 4.78 is 37.1. The molecule has 1 aromatic heterocycles. The van der Waals surface area contributed by atoms with Crippen molar-refractivity contribution >= 4 is 46.3 Å². The van der Waals surface area contributed by atoms with Crippen LogP contribution in [0.4, 0.5) is 19.3 Å². The molecule has 4 amide bonds. The summed E-state index contributed by atoms with van der Waals surface area (Å²) in [7, 11) is 0. The normalized spacial score (nSPS) is 18.5. The van der Waals surface area contributed by atoms with Crippen LogP contribution in [0.2, 0.25) is 0 Å². The summed E-state index contributed by atoms with van der Waals surface area (Å²) in [5.74, 6) is -1.32. The van der Waals surface area contributed by atoms with Crippen LogP contribution < -0.4 is 15.4 Å². The number of fused-ring (bicyclic) bond motifs is 1. The van der Waals surface area contributed by atoms with Gasteiger partial charge in [0.05, 0.1) is 17.4 Å². The maximum Gasteiger partial charge on any atom is 0.387 e. The second-order valence-electron chi connectivity index (χ2n) is 6.84. The molecule has 1 fully saturated rings. The van der Waals surface area contributed by atoms with Crippen molar-refractivity contribution in [2.75, 3.05) is 11.9 Å². The Kier molecular flexibility index (Phi) is 5.23. The Hall–Kier alpha value is -3.67. The average molecular weight is 447 g/mol. The van der Waals surface area contributed by atoms with Gasteiger partial charge in [-0.2, -0.15) is 17.5 Å². The predicted octanol–water partition coefficient (Wildman–Crippen LogP) is 2.70. The topological polar surface area (TPSA) is 114 Å². The standard InChI is InChI=1S/C19H15F2N5O4S/c1-19(10-5-7-11(8-6-10)30-17(20)21)16(28)26(18(29)23-19)9-14(27)22-12-3-2-4-13-15(12)25-31-24-13/h2-8,17H,9H2,1H3,(H,22,27)(H,23,29). The SMILES string of the molecule is CC1(c2ccc(OC(F)F)cc2)NC(=O)N(CC(=O)Nc2cccc3nsnc23)C1=O. The van der Waals surface area contributed by atoms with E-state index in [9.17, 15) is 23.2 Å². The van der Waals surface area contributed by atoms with E-state index < -0.39 is 36.5 Å². The number of rotatable bonds is 6. The molecule has 31 heavy (non-hydrogen) atoms. The van der Waals surface area contributed by atoms with Gasteiger partial charge in [-0.25, -0.2) is 4.79 Å². The van der Waals surface area contributed by atoms with Gasteiger partial charge >= 0.3 is 12.6 Å². The number of amides is 4. The minimum absolute atomic E-state index is 0.0824. The molecule has 0 radical (unpaired) electrons. The Morgan fingerprint density at radius 3 is 2.68 bits per heavy atom. The number of nitrogens with one attached hydrogen (secondary N) is 2. The second-order valence-corrected chi connectivity index (χ2v) is 7.36. The van der Waals surface area contributed by atoms with E-state index in [0.29, 0.717) is 22.3 Å². The average Bonchev–Trinajstić information content (AvgIpc) is 3.28. The van der Waals surface area contributed by atoms with Crippen molar-refractivity contribution in [1.29, 1.82) is 0 Å². The molecule has 2 N–H and O–H groups in total. The van der Waals surface area contributed by atoms with Gasteiger partial charge in [0, 0.05) is 0 Å². The number of halogens is 2. The predicted molar refractivity (Wildman–Crippen MR) is 107 cm³/mol. The van der Waals surface area contributed by atoms with Crippen molar-refractivity contribution in [3.63, 3.8) is 0 Å². The highest BCUT2D eigenvalue weighted by molar-refractivity contribution is 7.00. The van der Waals surface area contributed by atoms with Gasteiger partial charge < -0.3 is 15.4 Å². The number of imide groups is 1. The third-order valence-electron chi connectivity index (χ3n) is 4.79. The number of aromatic nitrogens is 2. The highest BCUT2D eigenvalue weighted by Crippen LogP contribution is 2.30. The Balaban J connectivity index is 1.48. The monoisotopic (exact) mass is 447 g/mol. The number of carbonyl (C=O) groups excluding carboxylic acids is 3. The van der Waals surface area contributed by atoms with Crippen molar-refractivity contribution in [3.05, 3.63) is 48.0 Å². The number of hydrogen-bond acceptors (Lipinski definition) is 7.